The SMILES string of the molecule is C.CC(C)(C)OC(=O)NCCN(C[C@@H](NC(=O)OC(C)(C)C)C(=O)O)C(=O)OC(C)(C)C.CC(C)(C)OC(=O)NCCN(C[C@H](CO)NC(=O)OC(C)(C)C)C(=O)OC(C)(C)C. The van der Waals surface area contributed by atoms with E-state index in [0.717, 1.165) is 4.90 Å². The number of rotatable bonds is 14. The third-order valence-electron chi connectivity index (χ3n) is 6.18. The zero-order chi connectivity index (χ0) is 48.4. The highest BCUT2D eigenvalue weighted by Gasteiger charge is 2.31. The first kappa shape index (κ1) is 61.4. The van der Waals surface area contributed by atoms with Crippen LogP contribution in [0.15, 0.2) is 0 Å². The number of hydrogen-bond donors (Lipinski definition) is 6. The molecule has 0 rings (SSSR count). The zero-order valence-electron chi connectivity index (χ0n) is 39.7. The molecule has 364 valence electrons. The molecule has 0 unspecified atom stereocenters. The van der Waals surface area contributed by atoms with Gasteiger partial charge in [-0.15, -0.1) is 0 Å². The van der Waals surface area contributed by atoms with E-state index in [1.54, 1.807) is 125 Å². The van der Waals surface area contributed by atoms with Gasteiger partial charge in [0.2, 0.25) is 0 Å². The Kier molecular flexibility index (Phi) is 25.6. The van der Waals surface area contributed by atoms with Crippen LogP contribution in [-0.4, -0.2) is 154 Å². The first-order valence-corrected chi connectivity index (χ1v) is 19.9. The second-order valence-corrected chi connectivity index (χ2v) is 19.8. The molecule has 0 bridgehead atoms. The molecule has 21 heteroatoms. The molecule has 0 fully saturated rings. The van der Waals surface area contributed by atoms with Crippen LogP contribution in [0, 0.1) is 0 Å². The number of nitrogens with one attached hydrogen (secondary N) is 4. The number of nitrogens with zero attached hydrogens (tertiary/aromatic N) is 2. The third-order valence-corrected chi connectivity index (χ3v) is 6.18. The predicted octanol–water partition coefficient (Wildman–Crippen LogP) is 6.00. The topological polar surface area (TPSA) is 270 Å². The number of ether oxygens (including phenoxy) is 6. The van der Waals surface area contributed by atoms with Gasteiger partial charge in [0, 0.05) is 32.7 Å². The molecule has 62 heavy (non-hydrogen) atoms. The van der Waals surface area contributed by atoms with Gasteiger partial charge in [0.15, 0.2) is 0 Å². The highest BCUT2D eigenvalue weighted by molar-refractivity contribution is 5.81. The van der Waals surface area contributed by atoms with Gasteiger partial charge in [0.05, 0.1) is 19.2 Å². The van der Waals surface area contributed by atoms with Crippen molar-refractivity contribution in [3.05, 3.63) is 0 Å². The predicted molar refractivity (Wildman–Crippen MR) is 232 cm³/mol. The summed E-state index contributed by atoms with van der Waals surface area (Å²) in [7, 11) is 0. The molecule has 6 N–H and O–H groups in total. The number of hydrogen-bond acceptors (Lipinski definition) is 14. The summed E-state index contributed by atoms with van der Waals surface area (Å²) in [6, 6.07) is -2.24. The number of carbonyl (C=O) groups excluding carboxylic acids is 6. The van der Waals surface area contributed by atoms with Gasteiger partial charge >= 0.3 is 42.5 Å². The van der Waals surface area contributed by atoms with Crippen LogP contribution >= 0.6 is 0 Å². The molecule has 0 aromatic heterocycles. The Morgan fingerprint density at radius 1 is 0.468 bits per heavy atom. The Bertz CT molecular complexity index is 1430. The van der Waals surface area contributed by atoms with Crippen LogP contribution in [0.4, 0.5) is 28.8 Å². The fraction of sp³-hybridized carbons (Fsp3) is 0.829. The second kappa shape index (κ2) is 25.9. The van der Waals surface area contributed by atoms with Gasteiger partial charge in [-0.05, 0) is 125 Å². The summed E-state index contributed by atoms with van der Waals surface area (Å²) in [5, 5.41) is 28.9. The normalized spacial score (nSPS) is 12.8. The Morgan fingerprint density at radius 2 is 0.758 bits per heavy atom. The lowest BCUT2D eigenvalue weighted by Gasteiger charge is -2.30. The molecule has 0 aliphatic heterocycles. The van der Waals surface area contributed by atoms with Crippen molar-refractivity contribution in [1.82, 2.24) is 31.1 Å². The Morgan fingerprint density at radius 3 is 1.05 bits per heavy atom. The number of carbonyl (C=O) groups is 7. The molecule has 2 atom stereocenters. The highest BCUT2D eigenvalue weighted by atomic mass is 16.6. The monoisotopic (exact) mass is 897 g/mol. The van der Waals surface area contributed by atoms with Gasteiger partial charge in [-0.3, -0.25) is 0 Å². The lowest BCUT2D eigenvalue weighted by molar-refractivity contribution is -0.139. The molecule has 0 aromatic carbocycles. The van der Waals surface area contributed by atoms with Gasteiger partial charge < -0.3 is 69.7 Å². The number of amides is 6. The minimum Gasteiger partial charge on any atom is -0.480 e. The second-order valence-electron chi connectivity index (χ2n) is 19.8. The van der Waals surface area contributed by atoms with Gasteiger partial charge in [0.1, 0.15) is 39.6 Å². The first-order chi connectivity index (χ1) is 27.2. The number of aliphatic hydroxyl groups is 1. The summed E-state index contributed by atoms with van der Waals surface area (Å²) in [6.45, 7) is 29.8. The Labute approximate surface area is 368 Å². The maximum atomic E-state index is 12.6. The number of aliphatic hydroxyl groups excluding tert-OH is 1. The van der Waals surface area contributed by atoms with Crippen LogP contribution in [0.25, 0.3) is 0 Å². The van der Waals surface area contributed by atoms with E-state index in [1.165, 1.54) is 4.90 Å². The molecule has 21 nitrogen and oxygen atoms in total. The molecular weight excluding hydrogens is 816 g/mol. The molecule has 0 saturated heterocycles. The standard InChI is InChI=1S/C20H37N3O8.C20H39N3O7.CH4/c1-18(2,3)29-15(26)21-10-11-23(17(28)31-20(7,8)9)12-13(14(24)25)22-16(27)30-19(4,5)6;1-18(2,3)28-15(25)21-10-11-23(17(27)30-20(7,8)9)12-14(13-24)22-16(26)29-19(4,5)6;/h13H,10-12H2,1-9H3,(H,21,26)(H,22,27)(H,24,25);14,24H,10-13H2,1-9H3,(H,21,25)(H,22,26);1H4/t13-;14-;/m11./s1. The molecule has 0 heterocycles. The lowest BCUT2D eigenvalue weighted by Crippen LogP contribution is -2.53. The lowest BCUT2D eigenvalue weighted by atomic mass is 10.2. The van der Waals surface area contributed by atoms with Crippen molar-refractivity contribution >= 4 is 42.5 Å². The Hall–Kier alpha value is -4.95. The molecule has 0 saturated carbocycles. The molecular formula is C41H80N6O15. The molecule has 0 radical (unpaired) electrons. The summed E-state index contributed by atoms with van der Waals surface area (Å²) in [5.74, 6) is -1.36. The largest absolute Gasteiger partial charge is 0.480 e. The van der Waals surface area contributed by atoms with Gasteiger partial charge in [-0.1, -0.05) is 7.43 Å². The van der Waals surface area contributed by atoms with Crippen LogP contribution in [0.2, 0.25) is 0 Å². The van der Waals surface area contributed by atoms with Crippen molar-refractivity contribution in [3.8, 4) is 0 Å². The van der Waals surface area contributed by atoms with Crippen molar-refractivity contribution in [2.24, 2.45) is 0 Å². The van der Waals surface area contributed by atoms with Crippen LogP contribution in [0.3, 0.4) is 0 Å². The molecule has 0 spiro atoms. The van der Waals surface area contributed by atoms with E-state index in [4.69, 9.17) is 28.4 Å². The van der Waals surface area contributed by atoms with E-state index in [9.17, 15) is 43.8 Å². The van der Waals surface area contributed by atoms with Crippen molar-refractivity contribution in [2.45, 2.75) is 178 Å². The van der Waals surface area contributed by atoms with E-state index in [2.05, 4.69) is 21.3 Å². The average Bonchev–Trinajstić information content (AvgIpc) is 2.97. The van der Waals surface area contributed by atoms with Crippen LogP contribution in [0.1, 0.15) is 132 Å². The number of alkyl carbamates (subject to hydrolysis) is 4. The highest BCUT2D eigenvalue weighted by Crippen LogP contribution is 2.14. The number of aliphatic carboxylic acids is 1. The van der Waals surface area contributed by atoms with Gasteiger partial charge in [0.25, 0.3) is 0 Å². The minimum absolute atomic E-state index is 0. The van der Waals surface area contributed by atoms with E-state index >= 15 is 0 Å². The molecule has 6 amide bonds. The van der Waals surface area contributed by atoms with Crippen LogP contribution in [0.5, 0.6) is 0 Å². The van der Waals surface area contributed by atoms with Crippen molar-refractivity contribution < 1.29 is 72.2 Å². The van der Waals surface area contributed by atoms with Crippen LogP contribution in [-0.2, 0) is 33.2 Å². The summed E-state index contributed by atoms with van der Waals surface area (Å²) in [6.07, 6.45) is -4.38. The maximum absolute atomic E-state index is 12.6. The number of carboxylic acids is 1. The molecule has 0 aromatic rings. The van der Waals surface area contributed by atoms with Crippen molar-refractivity contribution in [3.63, 3.8) is 0 Å². The van der Waals surface area contributed by atoms with E-state index in [1.807, 2.05) is 0 Å². The first-order valence-electron chi connectivity index (χ1n) is 19.9. The van der Waals surface area contributed by atoms with Crippen molar-refractivity contribution in [2.75, 3.05) is 45.9 Å². The van der Waals surface area contributed by atoms with Gasteiger partial charge in [-0.2, -0.15) is 0 Å². The summed E-state index contributed by atoms with van der Waals surface area (Å²) in [5.41, 5.74) is -4.43. The van der Waals surface area contributed by atoms with Crippen LogP contribution < -0.4 is 21.3 Å². The van der Waals surface area contributed by atoms with E-state index < -0.39 is 101 Å². The van der Waals surface area contributed by atoms with E-state index in [-0.39, 0.29) is 40.2 Å². The zero-order valence-corrected chi connectivity index (χ0v) is 39.7. The third kappa shape index (κ3) is 35.8. The summed E-state index contributed by atoms with van der Waals surface area (Å²) in [4.78, 5) is 86.7. The molecule has 0 aliphatic carbocycles. The Balaban J connectivity index is -0.00000111. The number of carboxylic acid groups (broad SMARTS) is 1. The fourth-order valence-corrected chi connectivity index (χ4v) is 4.13. The van der Waals surface area contributed by atoms with E-state index in [0.29, 0.717) is 0 Å². The molecule has 0 aliphatic rings. The maximum Gasteiger partial charge on any atom is 0.410 e. The van der Waals surface area contributed by atoms with Gasteiger partial charge in [-0.25, -0.2) is 33.6 Å². The minimum atomic E-state index is -1.45. The smallest absolute Gasteiger partial charge is 0.410 e. The average molecular weight is 897 g/mol. The summed E-state index contributed by atoms with van der Waals surface area (Å²) >= 11 is 0. The van der Waals surface area contributed by atoms with Crippen molar-refractivity contribution in [1.29, 1.82) is 0 Å². The summed E-state index contributed by atoms with van der Waals surface area (Å²) < 4.78 is 31.2. The fourth-order valence-electron chi connectivity index (χ4n) is 4.13. The quantitative estimate of drug-likeness (QED) is 0.109.